The van der Waals surface area contributed by atoms with Crippen molar-refractivity contribution in [3.05, 3.63) is 17.0 Å². The Labute approximate surface area is 94.6 Å². The van der Waals surface area contributed by atoms with Crippen LogP contribution in [0.25, 0.3) is 0 Å². The fourth-order valence-electron chi connectivity index (χ4n) is 1.53. The number of hydrogen-bond acceptors (Lipinski definition) is 4. The lowest BCUT2D eigenvalue weighted by molar-refractivity contribution is -0.120. The van der Waals surface area contributed by atoms with E-state index in [1.165, 1.54) is 12.8 Å². The van der Waals surface area contributed by atoms with Crippen LogP contribution in [0, 0.1) is 13.8 Å². The summed E-state index contributed by atoms with van der Waals surface area (Å²) in [5.74, 6) is 0.792. The summed E-state index contributed by atoms with van der Waals surface area (Å²) < 4.78 is 5.02. The van der Waals surface area contributed by atoms with Crippen molar-refractivity contribution < 1.29 is 9.32 Å². The summed E-state index contributed by atoms with van der Waals surface area (Å²) in [4.78, 5) is 11.5. The number of nitrogens with one attached hydrogen (secondary N) is 2. The van der Waals surface area contributed by atoms with Gasteiger partial charge in [0.25, 0.3) is 0 Å². The average Bonchev–Trinajstić information content (AvgIpc) is 3.02. The highest BCUT2D eigenvalue weighted by Crippen LogP contribution is 2.18. The van der Waals surface area contributed by atoms with Crippen molar-refractivity contribution in [2.24, 2.45) is 0 Å². The molecule has 1 aromatic heterocycles. The molecule has 0 unspecified atom stereocenters. The van der Waals surface area contributed by atoms with Crippen LogP contribution in [-0.2, 0) is 11.3 Å². The van der Waals surface area contributed by atoms with Gasteiger partial charge in [0.05, 0.1) is 12.2 Å². The Hall–Kier alpha value is -1.36. The van der Waals surface area contributed by atoms with E-state index in [1.54, 1.807) is 0 Å². The normalized spacial score (nSPS) is 15.1. The number of rotatable bonds is 5. The molecular formula is C11H17N3O2. The predicted molar refractivity (Wildman–Crippen MR) is 58.8 cm³/mol. The summed E-state index contributed by atoms with van der Waals surface area (Å²) in [5, 5.41) is 9.85. The fraction of sp³-hybridized carbons (Fsp3) is 0.636. The summed E-state index contributed by atoms with van der Waals surface area (Å²) in [6.45, 7) is 4.62. The summed E-state index contributed by atoms with van der Waals surface area (Å²) in [7, 11) is 0. The second-order valence-corrected chi connectivity index (χ2v) is 4.23. The number of carbonyl (C=O) groups is 1. The number of nitrogens with zero attached hydrogens (tertiary/aromatic N) is 1. The van der Waals surface area contributed by atoms with Gasteiger partial charge in [0, 0.05) is 18.2 Å². The summed E-state index contributed by atoms with van der Waals surface area (Å²) in [6, 6.07) is 0.560. The zero-order valence-corrected chi connectivity index (χ0v) is 9.67. The van der Waals surface area contributed by atoms with Crippen molar-refractivity contribution in [1.82, 2.24) is 15.8 Å². The van der Waals surface area contributed by atoms with E-state index in [-0.39, 0.29) is 5.91 Å². The zero-order valence-electron chi connectivity index (χ0n) is 9.67. The molecule has 1 aliphatic carbocycles. The maximum Gasteiger partial charge on any atom is 0.234 e. The molecule has 16 heavy (non-hydrogen) atoms. The highest BCUT2D eigenvalue weighted by Gasteiger charge is 2.21. The molecule has 5 heteroatoms. The van der Waals surface area contributed by atoms with Crippen LogP contribution in [0.2, 0.25) is 0 Å². The second-order valence-electron chi connectivity index (χ2n) is 4.23. The van der Waals surface area contributed by atoms with Gasteiger partial charge in [-0.2, -0.15) is 0 Å². The highest BCUT2D eigenvalue weighted by atomic mass is 16.5. The molecule has 0 saturated heterocycles. The van der Waals surface area contributed by atoms with Crippen LogP contribution in [0.3, 0.4) is 0 Å². The van der Waals surface area contributed by atoms with Gasteiger partial charge < -0.3 is 15.2 Å². The molecule has 0 bridgehead atoms. The van der Waals surface area contributed by atoms with E-state index in [9.17, 15) is 4.79 Å². The SMILES string of the molecule is Cc1noc(C)c1CNC(=O)CNC1CC1. The molecule has 1 aromatic rings. The molecule has 5 nitrogen and oxygen atoms in total. The van der Waals surface area contributed by atoms with Crippen molar-refractivity contribution in [2.75, 3.05) is 6.54 Å². The van der Waals surface area contributed by atoms with Gasteiger partial charge in [0.15, 0.2) is 0 Å². The Morgan fingerprint density at radius 2 is 2.25 bits per heavy atom. The molecule has 0 aliphatic heterocycles. The average molecular weight is 223 g/mol. The van der Waals surface area contributed by atoms with Crippen LogP contribution in [0.4, 0.5) is 0 Å². The molecule has 88 valence electrons. The van der Waals surface area contributed by atoms with Gasteiger partial charge in [0.2, 0.25) is 5.91 Å². The minimum atomic E-state index is 0.0203. The van der Waals surface area contributed by atoms with Gasteiger partial charge in [0.1, 0.15) is 5.76 Å². The number of aromatic nitrogens is 1. The lowest BCUT2D eigenvalue weighted by atomic mass is 10.2. The predicted octanol–water partition coefficient (Wildman–Crippen LogP) is 0.660. The van der Waals surface area contributed by atoms with E-state index in [0.29, 0.717) is 19.1 Å². The molecule has 2 rings (SSSR count). The lowest BCUT2D eigenvalue weighted by Crippen LogP contribution is -2.34. The summed E-state index contributed by atoms with van der Waals surface area (Å²) in [6.07, 6.45) is 2.38. The number of aryl methyl sites for hydroxylation is 2. The Bertz CT molecular complexity index is 363. The van der Waals surface area contributed by atoms with E-state index in [1.807, 2.05) is 13.8 Å². The third kappa shape index (κ3) is 2.82. The summed E-state index contributed by atoms with van der Waals surface area (Å²) >= 11 is 0. The second kappa shape index (κ2) is 4.65. The number of hydrogen-bond donors (Lipinski definition) is 2. The van der Waals surface area contributed by atoms with Crippen LogP contribution in [0.15, 0.2) is 4.52 Å². The van der Waals surface area contributed by atoms with Gasteiger partial charge in [-0.3, -0.25) is 4.79 Å². The molecule has 0 aromatic carbocycles. The minimum Gasteiger partial charge on any atom is -0.361 e. The Morgan fingerprint density at radius 1 is 1.50 bits per heavy atom. The fourth-order valence-corrected chi connectivity index (χ4v) is 1.53. The van der Waals surface area contributed by atoms with E-state index in [2.05, 4.69) is 15.8 Å². The maximum atomic E-state index is 11.5. The van der Waals surface area contributed by atoms with Crippen LogP contribution >= 0.6 is 0 Å². The Kier molecular flexibility index (Phi) is 3.24. The quantitative estimate of drug-likeness (QED) is 0.769. The van der Waals surface area contributed by atoms with Crippen LogP contribution in [-0.4, -0.2) is 23.7 Å². The minimum absolute atomic E-state index is 0.0203. The first kappa shape index (κ1) is 11.1. The highest BCUT2D eigenvalue weighted by molar-refractivity contribution is 5.78. The van der Waals surface area contributed by atoms with Crippen molar-refractivity contribution in [1.29, 1.82) is 0 Å². The topological polar surface area (TPSA) is 67.2 Å². The van der Waals surface area contributed by atoms with E-state index in [4.69, 9.17) is 4.52 Å². The van der Waals surface area contributed by atoms with Crippen molar-refractivity contribution >= 4 is 5.91 Å². The Balaban J connectivity index is 1.75. The van der Waals surface area contributed by atoms with Gasteiger partial charge in [-0.25, -0.2) is 0 Å². The van der Waals surface area contributed by atoms with Gasteiger partial charge in [-0.1, -0.05) is 5.16 Å². The molecular weight excluding hydrogens is 206 g/mol. The molecule has 0 spiro atoms. The molecule has 1 amide bonds. The lowest BCUT2D eigenvalue weighted by Gasteiger charge is -2.05. The van der Waals surface area contributed by atoms with Crippen LogP contribution in [0.1, 0.15) is 29.9 Å². The van der Waals surface area contributed by atoms with Gasteiger partial charge in [-0.15, -0.1) is 0 Å². The molecule has 0 atom stereocenters. The van der Waals surface area contributed by atoms with Crippen molar-refractivity contribution in [3.63, 3.8) is 0 Å². The molecule has 1 saturated carbocycles. The van der Waals surface area contributed by atoms with Crippen LogP contribution < -0.4 is 10.6 Å². The van der Waals surface area contributed by atoms with Crippen molar-refractivity contribution in [3.8, 4) is 0 Å². The van der Waals surface area contributed by atoms with Gasteiger partial charge in [-0.05, 0) is 26.7 Å². The number of amides is 1. The molecule has 1 heterocycles. The van der Waals surface area contributed by atoms with Crippen LogP contribution in [0.5, 0.6) is 0 Å². The smallest absolute Gasteiger partial charge is 0.234 e. The Morgan fingerprint density at radius 3 is 2.81 bits per heavy atom. The van der Waals surface area contributed by atoms with E-state index < -0.39 is 0 Å². The molecule has 0 radical (unpaired) electrons. The third-order valence-corrected chi connectivity index (χ3v) is 2.77. The van der Waals surface area contributed by atoms with Crippen molar-refractivity contribution in [2.45, 2.75) is 39.3 Å². The first-order chi connectivity index (χ1) is 7.66. The molecule has 1 fully saturated rings. The maximum absolute atomic E-state index is 11.5. The first-order valence-corrected chi connectivity index (χ1v) is 5.58. The van der Waals surface area contributed by atoms with E-state index >= 15 is 0 Å². The summed E-state index contributed by atoms with van der Waals surface area (Å²) in [5.41, 5.74) is 1.81. The molecule has 1 aliphatic rings. The molecule has 2 N–H and O–H groups in total. The van der Waals surface area contributed by atoms with E-state index in [0.717, 1.165) is 17.0 Å². The zero-order chi connectivity index (χ0) is 11.5. The monoisotopic (exact) mass is 223 g/mol. The third-order valence-electron chi connectivity index (χ3n) is 2.77. The largest absolute Gasteiger partial charge is 0.361 e. The first-order valence-electron chi connectivity index (χ1n) is 5.58. The standard InChI is InChI=1S/C11H17N3O2/c1-7-10(8(2)16-14-7)5-13-11(15)6-12-9-3-4-9/h9,12H,3-6H2,1-2H3,(H,13,15). The number of carbonyl (C=O) groups excluding carboxylic acids is 1. The van der Waals surface area contributed by atoms with Gasteiger partial charge >= 0.3 is 0 Å².